The summed E-state index contributed by atoms with van der Waals surface area (Å²) in [6.45, 7) is 11.1. The SMILES string of the molecule is CCCCCCCOc1cnc(-c2ccc(OCCCCCC[Si](C)(C)CC)cc2)nc1. The van der Waals surface area contributed by atoms with Crippen LogP contribution in [0.5, 0.6) is 11.5 Å². The Hall–Kier alpha value is -1.88. The molecule has 0 radical (unpaired) electrons. The van der Waals surface area contributed by atoms with Gasteiger partial charge in [-0.1, -0.05) is 84.0 Å². The smallest absolute Gasteiger partial charge is 0.159 e. The van der Waals surface area contributed by atoms with Crippen LogP contribution >= 0.6 is 0 Å². The van der Waals surface area contributed by atoms with Crippen molar-refractivity contribution >= 4 is 8.07 Å². The van der Waals surface area contributed by atoms with Gasteiger partial charge < -0.3 is 9.47 Å². The summed E-state index contributed by atoms with van der Waals surface area (Å²) in [5.74, 6) is 2.37. The van der Waals surface area contributed by atoms with Crippen molar-refractivity contribution in [1.29, 1.82) is 0 Å². The highest BCUT2D eigenvalue weighted by Gasteiger charge is 2.16. The van der Waals surface area contributed by atoms with Crippen LogP contribution in [0.2, 0.25) is 25.2 Å². The molecule has 2 rings (SSSR count). The average molecular weight is 457 g/mol. The van der Waals surface area contributed by atoms with Gasteiger partial charge in [0.2, 0.25) is 0 Å². The highest BCUT2D eigenvalue weighted by Crippen LogP contribution is 2.22. The predicted octanol–water partition coefficient (Wildman–Crippen LogP) is 8.16. The topological polar surface area (TPSA) is 44.2 Å². The standard InChI is InChI=1S/C27H44N2O2Si/c1-5-7-8-9-12-20-31-26-22-28-27(29-23-26)24-15-17-25(18-16-24)30-19-13-10-11-14-21-32(3,4)6-2/h15-18,22-23H,5-14,19-21H2,1-4H3. The highest BCUT2D eigenvalue weighted by molar-refractivity contribution is 6.77. The van der Waals surface area contributed by atoms with Gasteiger partial charge in [0.25, 0.3) is 0 Å². The molecule has 0 aliphatic heterocycles. The summed E-state index contributed by atoms with van der Waals surface area (Å²) in [6, 6.07) is 10.9. The van der Waals surface area contributed by atoms with E-state index in [0.717, 1.165) is 43.1 Å². The zero-order chi connectivity index (χ0) is 23.1. The maximum atomic E-state index is 5.91. The number of hydrogen-bond acceptors (Lipinski definition) is 4. The van der Waals surface area contributed by atoms with Crippen LogP contribution in [-0.4, -0.2) is 31.3 Å². The number of rotatable bonds is 17. The van der Waals surface area contributed by atoms with Gasteiger partial charge in [0.1, 0.15) is 5.75 Å². The molecular formula is C27H44N2O2Si. The first-order valence-corrected chi connectivity index (χ1v) is 16.1. The minimum absolute atomic E-state index is 0.713. The van der Waals surface area contributed by atoms with Crippen molar-refractivity contribution in [2.75, 3.05) is 13.2 Å². The van der Waals surface area contributed by atoms with Crippen molar-refractivity contribution in [2.45, 2.75) is 96.8 Å². The van der Waals surface area contributed by atoms with Gasteiger partial charge in [0, 0.05) is 13.6 Å². The minimum Gasteiger partial charge on any atom is -0.494 e. The molecule has 1 heterocycles. The summed E-state index contributed by atoms with van der Waals surface area (Å²) in [6.07, 6.45) is 14.8. The lowest BCUT2D eigenvalue weighted by Crippen LogP contribution is -2.22. The van der Waals surface area contributed by atoms with Crippen LogP contribution < -0.4 is 9.47 Å². The Kier molecular flexibility index (Phi) is 12.4. The van der Waals surface area contributed by atoms with Gasteiger partial charge in [-0.15, -0.1) is 0 Å². The molecule has 2 aromatic rings. The van der Waals surface area contributed by atoms with Crippen LogP contribution in [0.15, 0.2) is 36.7 Å². The Morgan fingerprint density at radius 2 is 1.25 bits per heavy atom. The van der Waals surface area contributed by atoms with Crippen LogP contribution in [-0.2, 0) is 0 Å². The first kappa shape index (κ1) is 26.4. The summed E-state index contributed by atoms with van der Waals surface area (Å²) < 4.78 is 11.7. The molecule has 0 amide bonds. The van der Waals surface area contributed by atoms with Crippen molar-refractivity contribution in [2.24, 2.45) is 0 Å². The van der Waals surface area contributed by atoms with Crippen LogP contribution in [0.3, 0.4) is 0 Å². The third-order valence-electron chi connectivity index (χ3n) is 6.23. The number of nitrogens with zero attached hydrogens (tertiary/aromatic N) is 2. The lowest BCUT2D eigenvalue weighted by Gasteiger charge is -2.19. The molecule has 0 bridgehead atoms. The quantitative estimate of drug-likeness (QED) is 0.178. The Balaban J connectivity index is 1.64. The first-order chi connectivity index (χ1) is 15.5. The second-order valence-corrected chi connectivity index (χ2v) is 15.1. The summed E-state index contributed by atoms with van der Waals surface area (Å²) in [4.78, 5) is 8.92. The molecule has 0 fully saturated rings. The molecule has 178 valence electrons. The van der Waals surface area contributed by atoms with Crippen molar-refractivity contribution in [3.63, 3.8) is 0 Å². The highest BCUT2D eigenvalue weighted by atomic mass is 28.3. The van der Waals surface area contributed by atoms with Gasteiger partial charge in [-0.2, -0.15) is 0 Å². The molecule has 1 aromatic carbocycles. The number of ether oxygens (including phenoxy) is 2. The third-order valence-corrected chi connectivity index (χ3v) is 9.85. The second kappa shape index (κ2) is 15.0. The molecule has 5 heteroatoms. The normalized spacial score (nSPS) is 11.5. The average Bonchev–Trinajstić information content (AvgIpc) is 2.81. The predicted molar refractivity (Wildman–Crippen MR) is 138 cm³/mol. The van der Waals surface area contributed by atoms with Crippen molar-refractivity contribution in [3.05, 3.63) is 36.7 Å². The first-order valence-electron chi connectivity index (χ1n) is 12.7. The molecule has 1 aromatic heterocycles. The fourth-order valence-corrected chi connectivity index (χ4v) is 5.12. The number of benzene rings is 1. The van der Waals surface area contributed by atoms with Crippen molar-refractivity contribution in [3.8, 4) is 22.9 Å². The van der Waals surface area contributed by atoms with E-state index in [4.69, 9.17) is 9.47 Å². The number of unbranched alkanes of at least 4 members (excludes halogenated alkanes) is 7. The Morgan fingerprint density at radius 3 is 1.84 bits per heavy atom. The minimum atomic E-state index is -0.896. The van der Waals surface area contributed by atoms with E-state index in [2.05, 4.69) is 36.9 Å². The van der Waals surface area contributed by atoms with Gasteiger partial charge in [0.15, 0.2) is 11.6 Å². The summed E-state index contributed by atoms with van der Waals surface area (Å²) in [5.41, 5.74) is 0.992. The van der Waals surface area contributed by atoms with Gasteiger partial charge >= 0.3 is 0 Å². The van der Waals surface area contributed by atoms with E-state index in [-0.39, 0.29) is 0 Å². The monoisotopic (exact) mass is 456 g/mol. The van der Waals surface area contributed by atoms with Crippen LogP contribution in [0, 0.1) is 0 Å². The van der Waals surface area contributed by atoms with E-state index in [1.165, 1.54) is 57.0 Å². The molecule has 4 nitrogen and oxygen atoms in total. The van der Waals surface area contributed by atoms with Crippen molar-refractivity contribution in [1.82, 2.24) is 9.97 Å². The lowest BCUT2D eigenvalue weighted by atomic mass is 10.2. The fourth-order valence-electron chi connectivity index (χ4n) is 3.56. The fraction of sp³-hybridized carbons (Fsp3) is 0.630. The van der Waals surface area contributed by atoms with E-state index < -0.39 is 8.07 Å². The Bertz CT molecular complexity index is 732. The molecule has 0 N–H and O–H groups in total. The molecule has 0 aliphatic rings. The molecule has 0 aliphatic carbocycles. The largest absolute Gasteiger partial charge is 0.494 e. The van der Waals surface area contributed by atoms with E-state index >= 15 is 0 Å². The molecule has 32 heavy (non-hydrogen) atoms. The van der Waals surface area contributed by atoms with Crippen molar-refractivity contribution < 1.29 is 9.47 Å². The van der Waals surface area contributed by atoms with Gasteiger partial charge in [-0.05, 0) is 37.1 Å². The third kappa shape index (κ3) is 10.6. The van der Waals surface area contributed by atoms with Crippen LogP contribution in [0.25, 0.3) is 11.4 Å². The molecular weight excluding hydrogens is 412 g/mol. The zero-order valence-corrected chi connectivity index (χ0v) is 21.9. The maximum Gasteiger partial charge on any atom is 0.159 e. The zero-order valence-electron chi connectivity index (χ0n) is 20.9. The summed E-state index contributed by atoms with van der Waals surface area (Å²) in [5, 5.41) is 0. The molecule has 0 atom stereocenters. The second-order valence-electron chi connectivity index (χ2n) is 9.56. The van der Waals surface area contributed by atoms with E-state index in [9.17, 15) is 0 Å². The summed E-state index contributed by atoms with van der Waals surface area (Å²) in [7, 11) is -0.896. The van der Waals surface area contributed by atoms with Gasteiger partial charge in [-0.25, -0.2) is 9.97 Å². The van der Waals surface area contributed by atoms with Crippen LogP contribution in [0.1, 0.15) is 71.6 Å². The van der Waals surface area contributed by atoms with Gasteiger partial charge in [-0.3, -0.25) is 0 Å². The number of hydrogen-bond donors (Lipinski definition) is 0. The van der Waals surface area contributed by atoms with Crippen LogP contribution in [0.4, 0.5) is 0 Å². The Labute approximate surface area is 197 Å². The maximum absolute atomic E-state index is 5.91. The van der Waals surface area contributed by atoms with E-state index in [0.29, 0.717) is 5.82 Å². The van der Waals surface area contributed by atoms with E-state index in [1.807, 2.05) is 24.3 Å². The lowest BCUT2D eigenvalue weighted by molar-refractivity contribution is 0.302. The Morgan fingerprint density at radius 1 is 0.688 bits per heavy atom. The molecule has 0 spiro atoms. The van der Waals surface area contributed by atoms with E-state index in [1.54, 1.807) is 12.4 Å². The van der Waals surface area contributed by atoms with Gasteiger partial charge in [0.05, 0.1) is 25.6 Å². The molecule has 0 unspecified atom stereocenters. The molecule has 0 saturated heterocycles. The number of aromatic nitrogens is 2. The molecule has 0 saturated carbocycles. The summed E-state index contributed by atoms with van der Waals surface area (Å²) >= 11 is 0.